The van der Waals surface area contributed by atoms with Crippen molar-refractivity contribution >= 4 is 39.5 Å². The van der Waals surface area contributed by atoms with Gasteiger partial charge in [0, 0.05) is 33.9 Å². The van der Waals surface area contributed by atoms with Gasteiger partial charge in [-0.1, -0.05) is 42.5 Å². The molecule has 3 rings (SSSR count). The molecular weight excluding hydrogens is 386 g/mol. The van der Waals surface area contributed by atoms with Crippen LogP contribution >= 0.6 is 0 Å². The van der Waals surface area contributed by atoms with Crippen molar-refractivity contribution in [2.75, 3.05) is 12.3 Å². The maximum Gasteiger partial charge on any atom is 1.00 e. The summed E-state index contributed by atoms with van der Waals surface area (Å²) in [5.74, 6) is 0. The molecule has 6 nitrogen and oxygen atoms in total. The number of aromatic amines is 1. The second-order valence-corrected chi connectivity index (χ2v) is 6.25. The minimum atomic E-state index is -0.497. The van der Waals surface area contributed by atoms with Crippen LogP contribution in [0, 0.1) is 17.0 Å². The molecule has 0 atom stereocenters. The Bertz CT molecular complexity index is 1020. The summed E-state index contributed by atoms with van der Waals surface area (Å²) < 4.78 is 0. The third kappa shape index (κ3) is 7.54. The van der Waals surface area contributed by atoms with E-state index in [1.165, 1.54) is 28.2 Å². The maximum absolute atomic E-state index is 10.2. The number of hydrogen-bond acceptors (Lipinski definition) is 4. The number of nitrogen functional groups attached to an aromatic ring is 1. The molecule has 0 fully saturated rings. The van der Waals surface area contributed by atoms with Gasteiger partial charge in [-0.05, 0) is 50.1 Å². The molecule has 0 saturated heterocycles. The number of nitrogens with two attached hydrogens (primary N) is 2. The van der Waals surface area contributed by atoms with Gasteiger partial charge in [-0.2, -0.15) is 0 Å². The maximum atomic E-state index is 10.2. The number of nitrogens with zero attached hydrogens (tertiary/aromatic N) is 1. The summed E-state index contributed by atoms with van der Waals surface area (Å²) in [6.45, 7) is 4.62. The quantitative estimate of drug-likeness (QED) is 0.184. The smallest absolute Gasteiger partial charge is 1.00 e. The Morgan fingerprint density at radius 3 is 2.43 bits per heavy atom. The Balaban J connectivity index is 0. The van der Waals surface area contributed by atoms with Gasteiger partial charge in [-0.15, -0.1) is 0 Å². The Morgan fingerprint density at radius 1 is 1.20 bits per heavy atom. The number of nitro groups is 1. The molecule has 0 saturated carbocycles. The summed E-state index contributed by atoms with van der Waals surface area (Å²) in [5.41, 5.74) is 17.3. The number of fused-ring (bicyclic) bond motifs is 1. The van der Waals surface area contributed by atoms with Crippen LogP contribution in [0.5, 0.6) is 0 Å². The molecule has 0 aliphatic rings. The third-order valence-corrected chi connectivity index (χ3v) is 4.38. The fraction of sp³-hybridized carbons (Fsp3) is 0.182. The van der Waals surface area contributed by atoms with Gasteiger partial charge in [0.2, 0.25) is 6.20 Å². The van der Waals surface area contributed by atoms with E-state index in [2.05, 4.69) is 30.1 Å². The van der Waals surface area contributed by atoms with Crippen molar-refractivity contribution in [3.63, 3.8) is 0 Å². The van der Waals surface area contributed by atoms with Crippen molar-refractivity contribution < 1.29 is 25.2 Å². The van der Waals surface area contributed by atoms with Crippen molar-refractivity contribution in [1.82, 2.24) is 4.98 Å². The first kappa shape index (κ1) is 27.7. The zero-order chi connectivity index (χ0) is 20.5. The average Bonchev–Trinajstić information content (AvgIpc) is 3.00. The largest absolute Gasteiger partial charge is 1.00 e. The number of anilines is 1. The van der Waals surface area contributed by atoms with Gasteiger partial charge in [-0.3, -0.25) is 10.1 Å². The third-order valence-electron chi connectivity index (χ3n) is 4.38. The number of para-hydroxylation sites is 2. The minimum absolute atomic E-state index is 0. The zero-order valence-electron chi connectivity index (χ0n) is 18.2. The van der Waals surface area contributed by atoms with Crippen LogP contribution < -0.4 is 30.3 Å². The van der Waals surface area contributed by atoms with Crippen molar-refractivity contribution in [3.05, 3.63) is 93.8 Å². The normalized spacial score (nSPS) is 10.7. The summed E-state index contributed by atoms with van der Waals surface area (Å²) in [6.07, 6.45) is 5.08. The van der Waals surface area contributed by atoms with Crippen LogP contribution in [-0.2, 0) is 6.42 Å². The Kier molecular flexibility index (Phi) is 12.8. The van der Waals surface area contributed by atoms with Crippen LogP contribution in [0.2, 0.25) is 0 Å². The molecule has 0 radical (unpaired) electrons. The van der Waals surface area contributed by atoms with Gasteiger partial charge in [0.1, 0.15) is 0 Å². The van der Waals surface area contributed by atoms with Gasteiger partial charge < -0.3 is 17.9 Å². The summed E-state index contributed by atoms with van der Waals surface area (Å²) in [7, 11) is 0. The standard InChI is InChI=1S/C11H12N2O2.C11H14N2.Al.Li.4H/c1-2-9(7-8-13(14)15)10-5-3-4-6-11(10)12;1-8-9(6-7-12)10-4-2-3-5-11(10)13-8;;;;;;/h2-8H,12H2,1H3;2-5,13H,6-7,12H2,1H3;;;;;;/q;;;+1;;;;-1/b8-7+,9-2+;;;;;;;. The number of allylic oxidation sites excluding steroid dienone is 3. The molecule has 1 aromatic heterocycles. The summed E-state index contributed by atoms with van der Waals surface area (Å²) in [6, 6.07) is 15.6. The molecule has 0 unspecified atom stereocenters. The molecule has 3 aromatic rings. The van der Waals surface area contributed by atoms with Crippen molar-refractivity contribution in [1.29, 1.82) is 0 Å². The van der Waals surface area contributed by atoms with Crippen LogP contribution in [0.3, 0.4) is 0 Å². The number of aromatic nitrogens is 1. The molecule has 2 aromatic carbocycles. The molecule has 0 bridgehead atoms. The topological polar surface area (TPSA) is 111 Å². The van der Waals surface area contributed by atoms with Crippen LogP contribution in [0.25, 0.3) is 16.5 Å². The van der Waals surface area contributed by atoms with Gasteiger partial charge in [-0.25, -0.2) is 0 Å². The predicted octanol–water partition coefficient (Wildman–Crippen LogP) is 0.373. The SMILES string of the molecule is C/C=C(\C=C\[N+](=O)[O-])c1ccccc1N.Cc1[nH]c2ccccc2c1CCN.[AlH3].[H-].[Li+]. The second kappa shape index (κ2) is 13.9. The van der Waals surface area contributed by atoms with Crippen LogP contribution in [0.4, 0.5) is 5.69 Å². The monoisotopic (exact) mass is 416 g/mol. The summed E-state index contributed by atoms with van der Waals surface area (Å²) >= 11 is 0. The van der Waals surface area contributed by atoms with Gasteiger partial charge in [0.05, 0.1) is 4.92 Å². The van der Waals surface area contributed by atoms with Crippen molar-refractivity contribution in [2.24, 2.45) is 5.73 Å². The van der Waals surface area contributed by atoms with Crippen LogP contribution in [-0.4, -0.2) is 33.8 Å². The number of hydrogen-bond donors (Lipinski definition) is 3. The van der Waals surface area contributed by atoms with Gasteiger partial charge in [0.15, 0.2) is 17.4 Å². The van der Waals surface area contributed by atoms with E-state index in [1.54, 1.807) is 12.1 Å². The zero-order valence-corrected chi connectivity index (χ0v) is 17.2. The fourth-order valence-corrected chi connectivity index (χ4v) is 3.04. The van der Waals surface area contributed by atoms with E-state index in [4.69, 9.17) is 11.5 Å². The molecule has 154 valence electrons. The van der Waals surface area contributed by atoms with Gasteiger partial charge >= 0.3 is 18.9 Å². The average molecular weight is 416 g/mol. The fourth-order valence-electron chi connectivity index (χ4n) is 3.04. The number of rotatable bonds is 5. The molecule has 0 spiro atoms. The van der Waals surface area contributed by atoms with Crippen molar-refractivity contribution in [3.8, 4) is 0 Å². The van der Waals surface area contributed by atoms with E-state index in [0.29, 0.717) is 12.2 Å². The molecule has 8 heteroatoms. The Labute approximate surface area is 201 Å². The molecule has 0 amide bonds. The molecule has 5 N–H and O–H groups in total. The van der Waals surface area contributed by atoms with Crippen LogP contribution in [0.15, 0.2) is 66.9 Å². The van der Waals surface area contributed by atoms with E-state index in [0.717, 1.165) is 23.8 Å². The van der Waals surface area contributed by atoms with E-state index in [9.17, 15) is 10.1 Å². The first-order valence-electron chi connectivity index (χ1n) is 9.07. The Morgan fingerprint density at radius 2 is 1.83 bits per heavy atom. The number of benzene rings is 2. The first-order valence-corrected chi connectivity index (χ1v) is 9.07. The molecule has 0 aliphatic heterocycles. The van der Waals surface area contributed by atoms with Crippen LogP contribution in [0.1, 0.15) is 25.2 Å². The molecule has 1 heterocycles. The number of aryl methyl sites for hydroxylation is 1. The number of nitrogens with one attached hydrogen (secondary N) is 1. The molecule has 0 aliphatic carbocycles. The van der Waals surface area contributed by atoms with E-state index in [1.807, 2.05) is 31.2 Å². The minimum Gasteiger partial charge on any atom is -1.00 e. The van der Waals surface area contributed by atoms with Gasteiger partial charge in [0.25, 0.3) is 0 Å². The molecular formula is C22H30AlLiN4O2. The summed E-state index contributed by atoms with van der Waals surface area (Å²) in [5, 5.41) is 11.5. The van der Waals surface area contributed by atoms with E-state index in [-0.39, 0.29) is 37.6 Å². The van der Waals surface area contributed by atoms with E-state index >= 15 is 0 Å². The second-order valence-electron chi connectivity index (χ2n) is 6.25. The number of H-pyrrole nitrogens is 1. The summed E-state index contributed by atoms with van der Waals surface area (Å²) in [4.78, 5) is 13.1. The van der Waals surface area contributed by atoms with E-state index < -0.39 is 4.92 Å². The predicted molar refractivity (Wildman–Crippen MR) is 127 cm³/mol. The van der Waals surface area contributed by atoms with Crippen molar-refractivity contribution in [2.45, 2.75) is 20.3 Å². The first-order chi connectivity index (χ1) is 13.5. The molecule has 30 heavy (non-hydrogen) atoms. The Hall–Kier alpha value is -2.25.